The number of carbonyl (C=O) groups excluding carboxylic acids is 4. The van der Waals surface area contributed by atoms with Crippen LogP contribution in [0.4, 0.5) is 10.5 Å². The second-order valence-corrected chi connectivity index (χ2v) is 9.86. The highest BCUT2D eigenvalue weighted by Crippen LogP contribution is 2.24. The highest BCUT2D eigenvalue weighted by Gasteiger charge is 2.30. The zero-order valence-corrected chi connectivity index (χ0v) is 21.5. The standard InChI is InChI=1S/C26H28N6O6/c1-14-29-21-16(24(36)32(14)19-8-9-20(33)31-23(19)35)6-5-7-17(21)30-22(34)18-12-15(10-11-27-18)13-28-25(37)38-26(2,3)4/h5-7,10-12,19H,8-9,13H2,1-4H3,(H,28,37)(H,30,34)(H,31,33,35). The van der Waals surface area contributed by atoms with Crippen LogP contribution in [0.2, 0.25) is 0 Å². The largest absolute Gasteiger partial charge is 0.444 e. The lowest BCUT2D eigenvalue weighted by molar-refractivity contribution is -0.135. The molecule has 0 spiro atoms. The molecule has 2 aromatic heterocycles. The Kier molecular flexibility index (Phi) is 7.24. The van der Waals surface area contributed by atoms with E-state index in [-0.39, 0.29) is 47.7 Å². The van der Waals surface area contributed by atoms with Crippen LogP contribution in [0, 0.1) is 6.92 Å². The maximum atomic E-state index is 13.3. The van der Waals surface area contributed by atoms with Gasteiger partial charge in [0.15, 0.2) is 0 Å². The van der Waals surface area contributed by atoms with E-state index in [1.807, 2.05) is 0 Å². The lowest BCUT2D eigenvalue weighted by Crippen LogP contribution is -2.45. The summed E-state index contributed by atoms with van der Waals surface area (Å²) in [5.74, 6) is -1.20. The van der Waals surface area contributed by atoms with Crippen LogP contribution in [0.25, 0.3) is 10.9 Å². The smallest absolute Gasteiger partial charge is 0.407 e. The van der Waals surface area contributed by atoms with Crippen LogP contribution in [0.3, 0.4) is 0 Å². The number of piperidine rings is 1. The first-order valence-corrected chi connectivity index (χ1v) is 12.0. The van der Waals surface area contributed by atoms with Gasteiger partial charge in [0.25, 0.3) is 11.5 Å². The van der Waals surface area contributed by atoms with Gasteiger partial charge in [-0.2, -0.15) is 0 Å². The SMILES string of the molecule is Cc1nc2c(NC(=O)c3cc(CNC(=O)OC(C)(C)C)ccn3)cccc2c(=O)n1C1CCC(=O)NC1=O. The summed E-state index contributed by atoms with van der Waals surface area (Å²) in [6, 6.07) is 7.11. The summed E-state index contributed by atoms with van der Waals surface area (Å²) in [7, 11) is 0. The predicted molar refractivity (Wildman–Crippen MR) is 137 cm³/mol. The fraction of sp³-hybridized carbons (Fsp3) is 0.346. The van der Waals surface area contributed by atoms with Crippen LogP contribution < -0.4 is 21.5 Å². The molecule has 1 atom stereocenters. The van der Waals surface area contributed by atoms with Gasteiger partial charge in [-0.05, 0) is 63.9 Å². The molecule has 0 aliphatic carbocycles. The quantitative estimate of drug-likeness (QED) is 0.432. The number of pyridine rings is 1. The predicted octanol–water partition coefficient (Wildman–Crippen LogP) is 2.35. The first-order chi connectivity index (χ1) is 17.9. The van der Waals surface area contributed by atoms with Gasteiger partial charge in [0.1, 0.15) is 28.7 Å². The van der Waals surface area contributed by atoms with E-state index in [0.29, 0.717) is 11.3 Å². The summed E-state index contributed by atoms with van der Waals surface area (Å²) in [6.07, 6.45) is 1.18. The highest BCUT2D eigenvalue weighted by molar-refractivity contribution is 6.07. The summed E-state index contributed by atoms with van der Waals surface area (Å²) < 4.78 is 6.49. The van der Waals surface area contributed by atoms with E-state index >= 15 is 0 Å². The first kappa shape index (κ1) is 26.5. The van der Waals surface area contributed by atoms with Gasteiger partial charge in [-0.15, -0.1) is 0 Å². The molecule has 0 saturated carbocycles. The van der Waals surface area contributed by atoms with Crippen LogP contribution in [-0.4, -0.2) is 44.0 Å². The molecule has 198 valence electrons. The summed E-state index contributed by atoms with van der Waals surface area (Å²) in [4.78, 5) is 70.8. The van der Waals surface area contributed by atoms with Crippen molar-refractivity contribution in [3.05, 3.63) is 64.0 Å². The third-order valence-electron chi connectivity index (χ3n) is 5.77. The molecular formula is C26H28N6O6. The monoisotopic (exact) mass is 520 g/mol. The van der Waals surface area contributed by atoms with Crippen molar-refractivity contribution in [1.82, 2.24) is 25.2 Å². The minimum absolute atomic E-state index is 0.0964. The maximum Gasteiger partial charge on any atom is 0.407 e. The van der Waals surface area contributed by atoms with E-state index in [1.54, 1.807) is 52.0 Å². The fourth-order valence-corrected chi connectivity index (χ4v) is 4.11. The van der Waals surface area contributed by atoms with Gasteiger partial charge in [0, 0.05) is 19.2 Å². The molecule has 0 radical (unpaired) electrons. The first-order valence-electron chi connectivity index (χ1n) is 12.0. The number of nitrogens with zero attached hydrogens (tertiary/aromatic N) is 3. The zero-order chi connectivity index (χ0) is 27.6. The fourth-order valence-electron chi connectivity index (χ4n) is 4.11. The summed E-state index contributed by atoms with van der Waals surface area (Å²) in [5, 5.41) is 7.84. The van der Waals surface area contributed by atoms with E-state index in [4.69, 9.17) is 4.74 Å². The number of alkyl carbamates (subject to hydrolysis) is 1. The molecule has 3 aromatic rings. The summed E-state index contributed by atoms with van der Waals surface area (Å²) in [6.45, 7) is 7.00. The Morgan fingerprint density at radius 2 is 1.95 bits per heavy atom. The molecule has 1 aromatic carbocycles. The normalized spacial score (nSPS) is 15.6. The van der Waals surface area contributed by atoms with E-state index in [9.17, 15) is 24.0 Å². The zero-order valence-electron chi connectivity index (χ0n) is 21.5. The van der Waals surface area contributed by atoms with Gasteiger partial charge < -0.3 is 15.4 Å². The van der Waals surface area contributed by atoms with E-state index < -0.39 is 35.1 Å². The maximum absolute atomic E-state index is 13.3. The van der Waals surface area contributed by atoms with Crippen molar-refractivity contribution in [2.45, 2.75) is 58.7 Å². The molecule has 1 aliphatic heterocycles. The number of imide groups is 1. The number of aromatic nitrogens is 3. The number of aryl methyl sites for hydroxylation is 1. The van der Waals surface area contributed by atoms with Crippen LogP contribution in [0.15, 0.2) is 41.3 Å². The lowest BCUT2D eigenvalue weighted by Gasteiger charge is -2.24. The Labute approximate surface area is 217 Å². The number of nitrogens with one attached hydrogen (secondary N) is 3. The molecular weight excluding hydrogens is 492 g/mol. The number of benzene rings is 1. The van der Waals surface area contributed by atoms with Gasteiger partial charge in [-0.1, -0.05) is 6.07 Å². The van der Waals surface area contributed by atoms with Gasteiger partial charge in [0.05, 0.1) is 11.1 Å². The average Bonchev–Trinajstić information content (AvgIpc) is 2.83. The second kappa shape index (κ2) is 10.4. The van der Waals surface area contributed by atoms with Crippen molar-refractivity contribution >= 4 is 40.4 Å². The Hall–Kier alpha value is -4.61. The Morgan fingerprint density at radius 1 is 1.18 bits per heavy atom. The van der Waals surface area contributed by atoms with Gasteiger partial charge in [0.2, 0.25) is 11.8 Å². The molecule has 3 N–H and O–H groups in total. The minimum Gasteiger partial charge on any atom is -0.444 e. The van der Waals surface area contributed by atoms with Crippen LogP contribution in [0.5, 0.6) is 0 Å². The molecule has 1 aliphatic rings. The van der Waals surface area contributed by atoms with Crippen molar-refractivity contribution in [3.63, 3.8) is 0 Å². The topological polar surface area (TPSA) is 161 Å². The molecule has 1 fully saturated rings. The van der Waals surface area contributed by atoms with E-state index in [1.165, 1.54) is 16.8 Å². The Bertz CT molecular complexity index is 1510. The summed E-state index contributed by atoms with van der Waals surface area (Å²) in [5.41, 5.74) is 0.195. The van der Waals surface area contributed by atoms with Crippen molar-refractivity contribution in [1.29, 1.82) is 0 Å². The molecule has 1 unspecified atom stereocenters. The van der Waals surface area contributed by atoms with Crippen molar-refractivity contribution in [2.75, 3.05) is 5.32 Å². The third kappa shape index (κ3) is 5.85. The van der Waals surface area contributed by atoms with Gasteiger partial charge in [-0.3, -0.25) is 34.0 Å². The van der Waals surface area contributed by atoms with Crippen LogP contribution >= 0.6 is 0 Å². The Balaban J connectivity index is 1.56. The van der Waals surface area contributed by atoms with E-state index in [0.717, 1.165) is 0 Å². The van der Waals surface area contributed by atoms with Crippen molar-refractivity contribution in [3.8, 4) is 0 Å². The van der Waals surface area contributed by atoms with E-state index in [2.05, 4.69) is 25.9 Å². The average molecular weight is 521 g/mol. The number of anilines is 1. The number of amides is 4. The number of fused-ring (bicyclic) bond motifs is 1. The lowest BCUT2D eigenvalue weighted by atomic mass is 10.1. The van der Waals surface area contributed by atoms with Gasteiger partial charge >= 0.3 is 6.09 Å². The molecule has 3 heterocycles. The van der Waals surface area contributed by atoms with Crippen molar-refractivity contribution < 1.29 is 23.9 Å². The summed E-state index contributed by atoms with van der Waals surface area (Å²) >= 11 is 0. The third-order valence-corrected chi connectivity index (χ3v) is 5.77. The molecule has 0 bridgehead atoms. The number of carbonyl (C=O) groups is 4. The second-order valence-electron chi connectivity index (χ2n) is 9.86. The number of para-hydroxylation sites is 1. The molecule has 4 rings (SSSR count). The number of hydrogen-bond donors (Lipinski definition) is 3. The number of hydrogen-bond acceptors (Lipinski definition) is 8. The molecule has 4 amide bonds. The number of ether oxygens (including phenoxy) is 1. The molecule has 1 saturated heterocycles. The number of rotatable bonds is 5. The molecule has 38 heavy (non-hydrogen) atoms. The molecule has 12 heteroatoms. The van der Waals surface area contributed by atoms with Gasteiger partial charge in [-0.25, -0.2) is 9.78 Å². The molecule has 12 nitrogen and oxygen atoms in total. The Morgan fingerprint density at radius 3 is 2.66 bits per heavy atom. The van der Waals surface area contributed by atoms with Crippen LogP contribution in [-0.2, 0) is 20.9 Å². The highest BCUT2D eigenvalue weighted by atomic mass is 16.6. The van der Waals surface area contributed by atoms with Crippen LogP contribution in [0.1, 0.15) is 61.5 Å². The van der Waals surface area contributed by atoms with Crippen molar-refractivity contribution in [2.24, 2.45) is 0 Å². The minimum atomic E-state index is -0.850.